The summed E-state index contributed by atoms with van der Waals surface area (Å²) in [5.74, 6) is -0.465. The number of benzene rings is 2. The van der Waals surface area contributed by atoms with Crippen molar-refractivity contribution in [2.75, 3.05) is 26.2 Å². The SMILES string of the molecule is O=C(c1ccc(-c2cc[n+]([O-])cc2)[nH]c1=O)N1CCN(S(=O)(=O)c2ccc3cc(Cl)ccc3c2)CC1. The number of aromatic amines is 1. The van der Waals surface area contributed by atoms with Gasteiger partial charge in [-0.15, -0.1) is 0 Å². The number of sulfonamides is 1. The summed E-state index contributed by atoms with van der Waals surface area (Å²) in [5.41, 5.74) is 0.528. The molecule has 1 aliphatic heterocycles. The van der Waals surface area contributed by atoms with E-state index in [2.05, 4.69) is 4.98 Å². The molecule has 9 nitrogen and oxygen atoms in total. The second-order valence-electron chi connectivity index (χ2n) is 8.41. The zero-order valence-electron chi connectivity index (χ0n) is 18.9. The molecule has 1 aliphatic rings. The molecule has 1 N–H and O–H groups in total. The molecular formula is C25H21ClN4O5S. The molecule has 1 saturated heterocycles. The van der Waals surface area contributed by atoms with Crippen LogP contribution in [0.5, 0.6) is 0 Å². The van der Waals surface area contributed by atoms with Gasteiger partial charge in [-0.05, 0) is 47.2 Å². The number of H-pyrrole nitrogens is 1. The molecule has 0 atom stereocenters. The molecule has 0 aliphatic carbocycles. The maximum atomic E-state index is 13.2. The molecule has 36 heavy (non-hydrogen) atoms. The van der Waals surface area contributed by atoms with Gasteiger partial charge in [-0.2, -0.15) is 9.04 Å². The molecule has 5 rings (SSSR count). The molecular weight excluding hydrogens is 504 g/mol. The number of nitrogens with one attached hydrogen (secondary N) is 1. The number of amides is 1. The first-order chi connectivity index (χ1) is 17.2. The largest absolute Gasteiger partial charge is 0.619 e. The van der Waals surface area contributed by atoms with Gasteiger partial charge in [0.1, 0.15) is 5.56 Å². The average molecular weight is 525 g/mol. The highest BCUT2D eigenvalue weighted by molar-refractivity contribution is 7.89. The molecule has 3 heterocycles. The van der Waals surface area contributed by atoms with Crippen molar-refractivity contribution in [3.63, 3.8) is 0 Å². The summed E-state index contributed by atoms with van der Waals surface area (Å²) in [5, 5.41) is 13.4. The Kier molecular flexibility index (Phi) is 6.25. The van der Waals surface area contributed by atoms with E-state index in [-0.39, 0.29) is 36.6 Å². The summed E-state index contributed by atoms with van der Waals surface area (Å²) in [6, 6.07) is 16.3. The van der Waals surface area contributed by atoms with Gasteiger partial charge in [-0.3, -0.25) is 9.59 Å². The lowest BCUT2D eigenvalue weighted by Gasteiger charge is -2.34. The van der Waals surface area contributed by atoms with Crippen molar-refractivity contribution in [3.8, 4) is 11.3 Å². The number of hydrogen-bond donors (Lipinski definition) is 1. The van der Waals surface area contributed by atoms with Crippen molar-refractivity contribution >= 4 is 38.3 Å². The Labute approximate surface area is 211 Å². The Bertz CT molecular complexity index is 1630. The average Bonchev–Trinajstić information content (AvgIpc) is 2.88. The van der Waals surface area contributed by atoms with Gasteiger partial charge in [0.05, 0.1) is 4.90 Å². The molecule has 0 radical (unpaired) electrons. The molecule has 0 unspecified atom stereocenters. The molecule has 1 amide bonds. The molecule has 2 aromatic carbocycles. The standard InChI is InChI=1S/C25H21ClN4O5S/c26-20-3-1-19-16-21(4-2-18(19)15-20)36(34,35)30-13-11-28(12-14-30)25(32)22-5-6-23(27-24(22)31)17-7-9-29(33)10-8-17/h1-10,15-16H,11-14H2,(H,27,31). The van der Waals surface area contributed by atoms with Gasteiger partial charge in [-0.1, -0.05) is 23.7 Å². The Hall–Kier alpha value is -3.73. The van der Waals surface area contributed by atoms with Crippen molar-refractivity contribution in [1.29, 1.82) is 0 Å². The first-order valence-corrected chi connectivity index (χ1v) is 13.0. The van der Waals surface area contributed by atoms with Crippen LogP contribution in [0.4, 0.5) is 0 Å². The minimum absolute atomic E-state index is 0.0296. The number of piperazine rings is 1. The van der Waals surface area contributed by atoms with Crippen LogP contribution in [0.3, 0.4) is 0 Å². The third kappa shape index (κ3) is 4.58. The second-order valence-corrected chi connectivity index (χ2v) is 10.8. The van der Waals surface area contributed by atoms with Crippen LogP contribution in [0.1, 0.15) is 10.4 Å². The van der Waals surface area contributed by atoms with Crippen molar-refractivity contribution < 1.29 is 17.9 Å². The summed E-state index contributed by atoms with van der Waals surface area (Å²) >= 11 is 6.01. The maximum Gasteiger partial charge on any atom is 0.261 e. The van der Waals surface area contributed by atoms with Crippen LogP contribution < -0.4 is 10.3 Å². The van der Waals surface area contributed by atoms with Gasteiger partial charge in [-0.25, -0.2) is 8.42 Å². The molecule has 1 fully saturated rings. The Morgan fingerprint density at radius 2 is 1.58 bits per heavy atom. The second kappa shape index (κ2) is 9.38. The quantitative estimate of drug-likeness (QED) is 0.325. The predicted molar refractivity (Wildman–Crippen MR) is 135 cm³/mol. The molecule has 0 spiro atoms. The smallest absolute Gasteiger partial charge is 0.261 e. The van der Waals surface area contributed by atoms with E-state index in [1.165, 1.54) is 27.7 Å². The Morgan fingerprint density at radius 1 is 0.917 bits per heavy atom. The summed E-state index contributed by atoms with van der Waals surface area (Å²) in [7, 11) is -3.75. The van der Waals surface area contributed by atoms with Crippen LogP contribution in [0.2, 0.25) is 5.02 Å². The minimum atomic E-state index is -3.75. The minimum Gasteiger partial charge on any atom is -0.619 e. The number of carbonyl (C=O) groups is 1. The third-order valence-electron chi connectivity index (χ3n) is 6.19. The highest BCUT2D eigenvalue weighted by Gasteiger charge is 2.31. The number of rotatable bonds is 4. The van der Waals surface area contributed by atoms with Crippen LogP contribution >= 0.6 is 11.6 Å². The number of aromatic nitrogens is 2. The molecule has 2 aromatic heterocycles. The van der Waals surface area contributed by atoms with E-state index in [0.29, 0.717) is 21.0 Å². The first kappa shape index (κ1) is 24.0. The van der Waals surface area contributed by atoms with E-state index in [1.54, 1.807) is 54.6 Å². The van der Waals surface area contributed by atoms with E-state index < -0.39 is 21.5 Å². The Balaban J connectivity index is 1.29. The zero-order valence-corrected chi connectivity index (χ0v) is 20.5. The van der Waals surface area contributed by atoms with Crippen LogP contribution in [-0.2, 0) is 10.0 Å². The van der Waals surface area contributed by atoms with Crippen molar-refractivity contribution in [2.24, 2.45) is 0 Å². The number of fused-ring (bicyclic) bond motifs is 1. The fraction of sp³-hybridized carbons (Fsp3) is 0.160. The fourth-order valence-corrected chi connectivity index (χ4v) is 5.85. The van der Waals surface area contributed by atoms with Crippen LogP contribution in [0, 0.1) is 5.21 Å². The number of hydrogen-bond acceptors (Lipinski definition) is 5. The lowest BCUT2D eigenvalue weighted by molar-refractivity contribution is -0.605. The number of nitrogens with zero attached hydrogens (tertiary/aromatic N) is 3. The van der Waals surface area contributed by atoms with E-state index >= 15 is 0 Å². The summed E-state index contributed by atoms with van der Waals surface area (Å²) in [6.45, 7) is 0.541. The molecule has 11 heteroatoms. The predicted octanol–water partition coefficient (Wildman–Crippen LogP) is 2.63. The van der Waals surface area contributed by atoms with Crippen LogP contribution in [0.15, 0.2) is 82.7 Å². The molecule has 0 bridgehead atoms. The van der Waals surface area contributed by atoms with Crippen LogP contribution in [0.25, 0.3) is 22.0 Å². The third-order valence-corrected chi connectivity index (χ3v) is 8.32. The highest BCUT2D eigenvalue weighted by Crippen LogP contribution is 2.25. The number of pyridine rings is 2. The molecule has 184 valence electrons. The van der Waals surface area contributed by atoms with E-state index in [0.717, 1.165) is 10.8 Å². The topological polar surface area (TPSA) is 117 Å². The van der Waals surface area contributed by atoms with Crippen LogP contribution in [-0.4, -0.2) is 54.7 Å². The van der Waals surface area contributed by atoms with Crippen molar-refractivity contribution in [3.05, 3.63) is 99.2 Å². The highest BCUT2D eigenvalue weighted by atomic mass is 35.5. The maximum absolute atomic E-state index is 13.2. The Morgan fingerprint density at radius 3 is 2.28 bits per heavy atom. The summed E-state index contributed by atoms with van der Waals surface area (Å²) in [6.07, 6.45) is 2.63. The van der Waals surface area contributed by atoms with Gasteiger partial charge in [0.25, 0.3) is 11.5 Å². The van der Waals surface area contributed by atoms with Gasteiger partial charge in [0, 0.05) is 54.6 Å². The van der Waals surface area contributed by atoms with Crippen molar-refractivity contribution in [1.82, 2.24) is 14.2 Å². The van der Waals surface area contributed by atoms with Crippen molar-refractivity contribution in [2.45, 2.75) is 4.90 Å². The molecule has 0 saturated carbocycles. The monoisotopic (exact) mass is 524 g/mol. The fourth-order valence-electron chi connectivity index (χ4n) is 4.21. The first-order valence-electron chi connectivity index (χ1n) is 11.1. The number of halogens is 1. The summed E-state index contributed by atoms with van der Waals surface area (Å²) < 4.78 is 28.4. The van der Waals surface area contributed by atoms with Gasteiger partial charge in [0.2, 0.25) is 10.0 Å². The number of carbonyl (C=O) groups excluding carboxylic acids is 1. The van der Waals surface area contributed by atoms with Gasteiger partial charge in [0.15, 0.2) is 12.4 Å². The zero-order chi connectivity index (χ0) is 25.4. The van der Waals surface area contributed by atoms with E-state index in [1.807, 2.05) is 0 Å². The summed E-state index contributed by atoms with van der Waals surface area (Å²) in [4.78, 5) is 29.9. The lowest BCUT2D eigenvalue weighted by Crippen LogP contribution is -2.51. The van der Waals surface area contributed by atoms with Gasteiger partial charge >= 0.3 is 0 Å². The van der Waals surface area contributed by atoms with E-state index in [9.17, 15) is 23.2 Å². The molecule has 4 aromatic rings. The van der Waals surface area contributed by atoms with Gasteiger partial charge < -0.3 is 15.1 Å². The van der Waals surface area contributed by atoms with E-state index in [4.69, 9.17) is 11.6 Å². The normalized spacial score (nSPS) is 14.8. The lowest BCUT2D eigenvalue weighted by atomic mass is 10.1.